The normalized spacial score (nSPS) is 26.2. The zero-order valence-electron chi connectivity index (χ0n) is 25.4. The van der Waals surface area contributed by atoms with Gasteiger partial charge < -0.3 is 19.1 Å². The average molecular weight is 584 g/mol. The van der Waals surface area contributed by atoms with Crippen LogP contribution in [-0.4, -0.2) is 47.0 Å². The Morgan fingerprint density at radius 3 is 2.39 bits per heavy atom. The van der Waals surface area contributed by atoms with Crippen molar-refractivity contribution in [2.75, 3.05) is 13.1 Å². The maximum Gasteiger partial charge on any atom is 0.306 e. The van der Waals surface area contributed by atoms with E-state index in [9.17, 15) is 14.4 Å². The lowest BCUT2D eigenvalue weighted by Gasteiger charge is -2.37. The molecule has 1 unspecified atom stereocenters. The number of allylic oxidation sites excluding steroid dienone is 3. The molecule has 1 aromatic carbocycles. The minimum atomic E-state index is -0.902. The van der Waals surface area contributed by atoms with Crippen molar-refractivity contribution in [3.63, 3.8) is 0 Å². The van der Waals surface area contributed by atoms with Gasteiger partial charge in [-0.3, -0.25) is 14.4 Å². The van der Waals surface area contributed by atoms with Crippen LogP contribution < -0.4 is 9.47 Å². The fourth-order valence-electron chi connectivity index (χ4n) is 6.85. The summed E-state index contributed by atoms with van der Waals surface area (Å²) in [4.78, 5) is 40.6. The molecule has 8 heteroatoms. The molecule has 2 aliphatic carbocycles. The van der Waals surface area contributed by atoms with Gasteiger partial charge in [0.1, 0.15) is 5.60 Å². The van der Waals surface area contributed by atoms with Gasteiger partial charge in [0.05, 0.1) is 10.6 Å². The molecule has 0 bridgehead atoms. The van der Waals surface area contributed by atoms with Crippen LogP contribution in [-0.2, 0) is 20.7 Å². The third kappa shape index (κ3) is 5.79. The Morgan fingerprint density at radius 1 is 1.10 bits per heavy atom. The molecule has 0 aromatic heterocycles. The molecule has 222 valence electrons. The van der Waals surface area contributed by atoms with Crippen LogP contribution in [0, 0.1) is 18.8 Å². The van der Waals surface area contributed by atoms with E-state index in [-0.39, 0.29) is 29.5 Å². The van der Waals surface area contributed by atoms with Gasteiger partial charge in [0.15, 0.2) is 17.3 Å². The maximum atomic E-state index is 13.8. The highest BCUT2D eigenvalue weighted by Crippen LogP contribution is 2.54. The number of carbonyl (C=O) groups is 3. The number of Topliss-reactive ketones (excluding diaryl/α,β-unsaturated/α-hetero) is 1. The van der Waals surface area contributed by atoms with Gasteiger partial charge in [-0.15, -0.1) is 0 Å². The fraction of sp³-hybridized carbons (Fsp3) is 0.606. The largest absolute Gasteiger partial charge is 0.460 e. The monoisotopic (exact) mass is 583 g/mol. The average Bonchev–Trinajstić information content (AvgIpc) is 3.24. The molecule has 1 aromatic rings. The number of benzene rings is 1. The molecule has 41 heavy (non-hydrogen) atoms. The van der Waals surface area contributed by atoms with E-state index in [1.165, 1.54) is 0 Å². The Kier molecular flexibility index (Phi) is 7.82. The first kappa shape index (κ1) is 29.7. The number of carbonyl (C=O) groups excluding carboxylic acids is 3. The molecule has 7 nitrogen and oxygen atoms in total. The summed E-state index contributed by atoms with van der Waals surface area (Å²) in [7, 11) is 0. The molecule has 2 aliphatic heterocycles. The number of halogens is 1. The number of hydrogen-bond acceptors (Lipinski definition) is 6. The first-order valence-corrected chi connectivity index (χ1v) is 15.2. The van der Waals surface area contributed by atoms with Gasteiger partial charge in [0.25, 0.3) is 11.7 Å². The molecule has 1 saturated carbocycles. The highest BCUT2D eigenvalue weighted by molar-refractivity contribution is 6.34. The fourth-order valence-corrected chi connectivity index (χ4v) is 7.16. The van der Waals surface area contributed by atoms with E-state index in [4.69, 9.17) is 25.8 Å². The number of esters is 1. The number of rotatable bonds is 5. The first-order valence-electron chi connectivity index (χ1n) is 14.8. The molecule has 0 radical (unpaired) electrons. The van der Waals surface area contributed by atoms with Gasteiger partial charge >= 0.3 is 5.97 Å². The third-order valence-electron chi connectivity index (χ3n) is 8.96. The summed E-state index contributed by atoms with van der Waals surface area (Å²) in [5, 5.41) is 0.443. The summed E-state index contributed by atoms with van der Waals surface area (Å²) in [5.41, 5.74) is 4.26. The summed E-state index contributed by atoms with van der Waals surface area (Å²) in [6, 6.07) is 0. The van der Waals surface area contributed by atoms with Crippen LogP contribution in [0.25, 0.3) is 0 Å². The quantitative estimate of drug-likeness (QED) is 0.350. The number of amides is 1. The molecule has 1 amide bonds. The van der Waals surface area contributed by atoms with Crippen molar-refractivity contribution in [1.29, 1.82) is 0 Å². The van der Waals surface area contributed by atoms with Crippen LogP contribution in [0.3, 0.4) is 0 Å². The zero-order chi connectivity index (χ0) is 29.9. The van der Waals surface area contributed by atoms with Crippen molar-refractivity contribution in [1.82, 2.24) is 4.90 Å². The zero-order valence-corrected chi connectivity index (χ0v) is 26.1. The number of ketones is 1. The highest BCUT2D eigenvalue weighted by Gasteiger charge is 2.49. The van der Waals surface area contributed by atoms with Crippen molar-refractivity contribution in [3.05, 3.63) is 44.5 Å². The van der Waals surface area contributed by atoms with Gasteiger partial charge in [0, 0.05) is 49.9 Å². The number of fused-ring (bicyclic) bond motifs is 2. The Morgan fingerprint density at radius 2 is 1.76 bits per heavy atom. The Labute approximate surface area is 248 Å². The summed E-state index contributed by atoms with van der Waals surface area (Å²) in [6.45, 7) is 14.2. The van der Waals surface area contributed by atoms with Crippen LogP contribution in [0.1, 0.15) is 102 Å². The van der Waals surface area contributed by atoms with Gasteiger partial charge in [-0.25, -0.2) is 0 Å². The third-order valence-corrected chi connectivity index (χ3v) is 9.36. The highest BCUT2D eigenvalue weighted by atomic mass is 35.5. The molecule has 0 saturated heterocycles. The Balaban J connectivity index is 1.31. The molecular weight excluding hydrogens is 542 g/mol. The number of ether oxygens (including phenoxy) is 3. The van der Waals surface area contributed by atoms with Crippen molar-refractivity contribution >= 4 is 29.3 Å². The predicted molar refractivity (Wildman–Crippen MR) is 157 cm³/mol. The summed E-state index contributed by atoms with van der Waals surface area (Å²) in [6.07, 6.45) is 6.94. The standard InChI is InChI=1S/C33H42ClNO6/c1-18-14-19(2)24(25(36)15-18)17-35-13-12-23-27(31(35)38)20(3)29-30(28(23)34)41-33(7,40-29)22-10-8-21(9-11-22)16-26(37)39-32(4,5)6/h14,21-22H,8-13,15-17H2,1-7H3. The van der Waals surface area contributed by atoms with E-state index in [0.717, 1.165) is 48.0 Å². The van der Waals surface area contributed by atoms with E-state index in [0.29, 0.717) is 60.0 Å². The maximum absolute atomic E-state index is 13.8. The van der Waals surface area contributed by atoms with Gasteiger partial charge in [0.2, 0.25) is 0 Å². The smallest absolute Gasteiger partial charge is 0.306 e. The summed E-state index contributed by atoms with van der Waals surface area (Å²) >= 11 is 6.91. The molecule has 4 aliphatic rings. The lowest BCUT2D eigenvalue weighted by atomic mass is 9.77. The van der Waals surface area contributed by atoms with Crippen LogP contribution in [0.5, 0.6) is 11.5 Å². The Hall–Kier alpha value is -2.80. The molecular formula is C33H42ClNO6. The van der Waals surface area contributed by atoms with Crippen LogP contribution in [0.4, 0.5) is 0 Å². The van der Waals surface area contributed by atoms with Crippen molar-refractivity contribution in [2.24, 2.45) is 11.8 Å². The minimum Gasteiger partial charge on any atom is -0.460 e. The molecule has 1 atom stereocenters. The lowest BCUT2D eigenvalue weighted by molar-refractivity contribution is -0.157. The van der Waals surface area contributed by atoms with E-state index < -0.39 is 11.4 Å². The van der Waals surface area contributed by atoms with E-state index in [1.54, 1.807) is 4.90 Å². The first-order chi connectivity index (χ1) is 19.2. The molecule has 1 fully saturated rings. The number of nitrogens with zero attached hydrogens (tertiary/aromatic N) is 1. The second-order valence-corrected chi connectivity index (χ2v) is 13.8. The second kappa shape index (κ2) is 10.8. The van der Waals surface area contributed by atoms with Crippen molar-refractivity contribution < 1.29 is 28.6 Å². The SMILES string of the molecule is CC1=CC(C)=C(CN2CCc3c(Cl)c4c(c(C)c3C2=O)OC(C)(C2CCC(CC(=O)OC(C)(C)C)CC2)O4)C(=O)C1. The van der Waals surface area contributed by atoms with Crippen LogP contribution >= 0.6 is 11.6 Å². The van der Waals surface area contributed by atoms with E-state index in [1.807, 2.05) is 54.5 Å². The molecule has 0 spiro atoms. The minimum absolute atomic E-state index is 0.0816. The summed E-state index contributed by atoms with van der Waals surface area (Å²) < 4.78 is 18.5. The Bertz CT molecular complexity index is 1360. The number of hydrogen-bond donors (Lipinski definition) is 0. The van der Waals surface area contributed by atoms with E-state index >= 15 is 0 Å². The topological polar surface area (TPSA) is 82.1 Å². The van der Waals surface area contributed by atoms with Gasteiger partial charge in [-0.2, -0.15) is 0 Å². The summed E-state index contributed by atoms with van der Waals surface area (Å²) in [5.74, 6) is 0.351. The van der Waals surface area contributed by atoms with Crippen molar-refractivity contribution in [3.8, 4) is 11.5 Å². The molecule has 0 N–H and O–H groups in total. The molecule has 5 rings (SSSR count). The van der Waals surface area contributed by atoms with Crippen LogP contribution in [0.2, 0.25) is 5.02 Å². The molecule has 2 heterocycles. The predicted octanol–water partition coefficient (Wildman–Crippen LogP) is 6.91. The lowest BCUT2D eigenvalue weighted by Crippen LogP contribution is -2.45. The van der Waals surface area contributed by atoms with Crippen LogP contribution in [0.15, 0.2) is 22.8 Å². The van der Waals surface area contributed by atoms with E-state index in [2.05, 4.69) is 0 Å². The van der Waals surface area contributed by atoms with Gasteiger partial charge in [-0.05, 0) is 90.7 Å². The van der Waals surface area contributed by atoms with Crippen molar-refractivity contribution in [2.45, 2.75) is 105 Å². The van der Waals surface area contributed by atoms with Gasteiger partial charge in [-0.1, -0.05) is 23.3 Å². The second-order valence-electron chi connectivity index (χ2n) is 13.4.